The van der Waals surface area contributed by atoms with Crippen molar-refractivity contribution in [3.05, 3.63) is 66.7 Å². The van der Waals surface area contributed by atoms with Crippen LogP contribution < -0.4 is 10.6 Å². The van der Waals surface area contributed by atoms with Crippen LogP contribution >= 0.6 is 0 Å². The largest absolute Gasteiger partial charge is 0.461 e. The first-order valence-corrected chi connectivity index (χ1v) is 9.13. The van der Waals surface area contributed by atoms with E-state index in [1.165, 1.54) is 12.3 Å². The number of furan rings is 1. The highest BCUT2D eigenvalue weighted by Gasteiger charge is 2.15. The minimum atomic E-state index is -0.370. The third kappa shape index (κ3) is 4.32. The van der Waals surface area contributed by atoms with Crippen LogP contribution in [0.1, 0.15) is 23.3 Å². The van der Waals surface area contributed by atoms with Gasteiger partial charge in [-0.1, -0.05) is 23.4 Å². The number of nitrogens with one attached hydrogen (secondary N) is 2. The Bertz CT molecular complexity index is 1130. The third-order valence-corrected chi connectivity index (χ3v) is 4.28. The van der Waals surface area contributed by atoms with Crippen molar-refractivity contribution in [1.29, 1.82) is 0 Å². The van der Waals surface area contributed by atoms with Crippen molar-refractivity contribution in [2.75, 3.05) is 11.9 Å². The van der Waals surface area contributed by atoms with Gasteiger partial charge in [0, 0.05) is 30.6 Å². The molecule has 8 heteroatoms. The molecule has 1 aromatic carbocycles. The standard InChI is InChI=1S/C21H18N4O4/c26-19(24-15-7-1-5-14-6-2-10-22-20(14)15)9-3-11-23-21(27)16-13-18(29-25-16)17-8-4-12-28-17/h1-2,4-8,10,12-13H,3,9,11H2,(H,23,27)(H,24,26). The van der Waals surface area contributed by atoms with E-state index in [0.29, 0.717) is 30.2 Å². The van der Waals surface area contributed by atoms with E-state index in [4.69, 9.17) is 8.94 Å². The number of para-hydroxylation sites is 1. The zero-order chi connectivity index (χ0) is 20.1. The molecule has 0 radical (unpaired) electrons. The maximum Gasteiger partial charge on any atom is 0.273 e. The number of hydrogen-bond acceptors (Lipinski definition) is 6. The van der Waals surface area contributed by atoms with Gasteiger partial charge in [0.15, 0.2) is 11.5 Å². The van der Waals surface area contributed by atoms with E-state index in [9.17, 15) is 9.59 Å². The molecule has 0 bridgehead atoms. The highest BCUT2D eigenvalue weighted by molar-refractivity contribution is 6.00. The summed E-state index contributed by atoms with van der Waals surface area (Å²) in [6, 6.07) is 14.4. The lowest BCUT2D eigenvalue weighted by atomic mass is 10.2. The predicted octanol–water partition coefficient (Wildman–Crippen LogP) is 3.63. The first-order valence-electron chi connectivity index (χ1n) is 9.13. The summed E-state index contributed by atoms with van der Waals surface area (Å²) in [6.45, 7) is 0.336. The summed E-state index contributed by atoms with van der Waals surface area (Å²) < 4.78 is 10.3. The Balaban J connectivity index is 1.25. The molecule has 146 valence electrons. The molecule has 29 heavy (non-hydrogen) atoms. The molecule has 0 aliphatic heterocycles. The van der Waals surface area contributed by atoms with Gasteiger partial charge in [0.25, 0.3) is 5.91 Å². The molecule has 3 aromatic heterocycles. The Morgan fingerprint density at radius 1 is 1.03 bits per heavy atom. The van der Waals surface area contributed by atoms with E-state index in [2.05, 4.69) is 20.8 Å². The van der Waals surface area contributed by atoms with Crippen molar-refractivity contribution >= 4 is 28.4 Å². The summed E-state index contributed by atoms with van der Waals surface area (Å²) in [5, 5.41) is 10.3. The topological polar surface area (TPSA) is 110 Å². The normalized spacial score (nSPS) is 10.8. The summed E-state index contributed by atoms with van der Waals surface area (Å²) in [4.78, 5) is 28.7. The number of nitrogens with zero attached hydrogens (tertiary/aromatic N) is 2. The summed E-state index contributed by atoms with van der Waals surface area (Å²) in [6.07, 6.45) is 3.95. The highest BCUT2D eigenvalue weighted by Crippen LogP contribution is 2.21. The molecule has 8 nitrogen and oxygen atoms in total. The molecule has 4 aromatic rings. The number of hydrogen-bond donors (Lipinski definition) is 2. The molecule has 2 N–H and O–H groups in total. The smallest absolute Gasteiger partial charge is 0.273 e. The van der Waals surface area contributed by atoms with E-state index in [1.807, 2.05) is 30.3 Å². The fraction of sp³-hybridized carbons (Fsp3) is 0.143. The molecule has 0 fully saturated rings. The molecule has 0 unspecified atom stereocenters. The van der Waals surface area contributed by atoms with Gasteiger partial charge in [0.05, 0.1) is 17.5 Å². The lowest BCUT2D eigenvalue weighted by Crippen LogP contribution is -2.25. The van der Waals surface area contributed by atoms with Crippen LogP contribution in [0.2, 0.25) is 0 Å². The minimum Gasteiger partial charge on any atom is -0.461 e. The summed E-state index contributed by atoms with van der Waals surface area (Å²) >= 11 is 0. The molecule has 0 atom stereocenters. The lowest BCUT2D eigenvalue weighted by molar-refractivity contribution is -0.116. The van der Waals surface area contributed by atoms with Crippen molar-refractivity contribution in [1.82, 2.24) is 15.5 Å². The van der Waals surface area contributed by atoms with Crippen molar-refractivity contribution in [3.8, 4) is 11.5 Å². The quantitative estimate of drug-likeness (QED) is 0.466. The second kappa shape index (κ2) is 8.39. The molecule has 0 aliphatic carbocycles. The fourth-order valence-electron chi connectivity index (χ4n) is 2.88. The van der Waals surface area contributed by atoms with Gasteiger partial charge in [-0.05, 0) is 30.7 Å². The first-order chi connectivity index (χ1) is 14.2. The van der Waals surface area contributed by atoms with Gasteiger partial charge in [-0.3, -0.25) is 14.6 Å². The monoisotopic (exact) mass is 390 g/mol. The molecule has 0 saturated heterocycles. The zero-order valence-corrected chi connectivity index (χ0v) is 15.4. The molecule has 3 heterocycles. The van der Waals surface area contributed by atoms with Gasteiger partial charge in [-0.25, -0.2) is 0 Å². The molecule has 0 aliphatic rings. The van der Waals surface area contributed by atoms with Crippen LogP contribution in [-0.2, 0) is 4.79 Å². The Morgan fingerprint density at radius 2 is 1.93 bits per heavy atom. The molecule has 4 rings (SSSR count). The van der Waals surface area contributed by atoms with Crippen molar-refractivity contribution in [2.45, 2.75) is 12.8 Å². The highest BCUT2D eigenvalue weighted by atomic mass is 16.5. The summed E-state index contributed by atoms with van der Waals surface area (Å²) in [7, 11) is 0. The number of pyridine rings is 1. The van der Waals surface area contributed by atoms with E-state index >= 15 is 0 Å². The van der Waals surface area contributed by atoms with Gasteiger partial charge < -0.3 is 19.6 Å². The summed E-state index contributed by atoms with van der Waals surface area (Å²) in [5.74, 6) is 0.364. The van der Waals surface area contributed by atoms with Crippen LogP contribution in [0.4, 0.5) is 5.69 Å². The van der Waals surface area contributed by atoms with E-state index in [0.717, 1.165) is 10.9 Å². The third-order valence-electron chi connectivity index (χ3n) is 4.28. The number of amides is 2. The zero-order valence-electron chi connectivity index (χ0n) is 15.4. The van der Waals surface area contributed by atoms with Crippen LogP contribution in [0.5, 0.6) is 0 Å². The molecule has 0 saturated carbocycles. The molecular formula is C21H18N4O4. The number of rotatable bonds is 7. The maximum absolute atomic E-state index is 12.2. The minimum absolute atomic E-state index is 0.140. The second-order valence-electron chi connectivity index (χ2n) is 6.34. The van der Waals surface area contributed by atoms with Gasteiger partial charge in [-0.2, -0.15) is 0 Å². The maximum atomic E-state index is 12.2. The first kappa shape index (κ1) is 18.4. The number of carbonyl (C=O) groups excluding carboxylic acids is 2. The molecular weight excluding hydrogens is 372 g/mol. The Morgan fingerprint density at radius 3 is 2.79 bits per heavy atom. The van der Waals surface area contributed by atoms with Gasteiger partial charge >= 0.3 is 0 Å². The number of benzene rings is 1. The lowest BCUT2D eigenvalue weighted by Gasteiger charge is -2.08. The van der Waals surface area contributed by atoms with Crippen LogP contribution in [-0.4, -0.2) is 28.5 Å². The van der Waals surface area contributed by atoms with Crippen LogP contribution in [0.15, 0.2) is 69.9 Å². The van der Waals surface area contributed by atoms with Crippen LogP contribution in [0, 0.1) is 0 Å². The van der Waals surface area contributed by atoms with Crippen molar-refractivity contribution in [3.63, 3.8) is 0 Å². The van der Waals surface area contributed by atoms with E-state index < -0.39 is 0 Å². The van der Waals surface area contributed by atoms with Gasteiger partial charge in [-0.15, -0.1) is 0 Å². The Hall–Kier alpha value is -3.94. The number of aromatic nitrogens is 2. The van der Waals surface area contributed by atoms with Crippen molar-refractivity contribution in [2.24, 2.45) is 0 Å². The number of fused-ring (bicyclic) bond motifs is 1. The second-order valence-corrected chi connectivity index (χ2v) is 6.34. The van der Waals surface area contributed by atoms with Gasteiger partial charge in [0.2, 0.25) is 11.7 Å². The van der Waals surface area contributed by atoms with Crippen LogP contribution in [0.25, 0.3) is 22.4 Å². The number of carbonyl (C=O) groups is 2. The number of anilines is 1. The molecule has 0 spiro atoms. The SMILES string of the molecule is O=C(CCCNC(=O)c1cc(-c2ccco2)on1)Nc1cccc2cccnc12. The van der Waals surface area contributed by atoms with E-state index in [-0.39, 0.29) is 23.9 Å². The van der Waals surface area contributed by atoms with E-state index in [1.54, 1.807) is 18.3 Å². The fourth-order valence-corrected chi connectivity index (χ4v) is 2.88. The average Bonchev–Trinajstić information content (AvgIpc) is 3.43. The van der Waals surface area contributed by atoms with Crippen LogP contribution in [0.3, 0.4) is 0 Å². The Labute approximate surface area is 165 Å². The predicted molar refractivity (Wildman–Crippen MR) is 106 cm³/mol. The van der Waals surface area contributed by atoms with Gasteiger partial charge in [0.1, 0.15) is 0 Å². The summed E-state index contributed by atoms with van der Waals surface area (Å²) in [5.41, 5.74) is 1.57. The Kier molecular flexibility index (Phi) is 5.33. The van der Waals surface area contributed by atoms with Crippen molar-refractivity contribution < 1.29 is 18.5 Å². The average molecular weight is 390 g/mol. The molecule has 2 amide bonds.